The van der Waals surface area contributed by atoms with Gasteiger partial charge in [-0.05, 0) is 24.3 Å². The van der Waals surface area contributed by atoms with E-state index in [1.807, 2.05) is 22.9 Å². The minimum absolute atomic E-state index is 0.346. The zero-order valence-corrected chi connectivity index (χ0v) is 9.10. The van der Waals surface area contributed by atoms with Crippen LogP contribution in [0.25, 0.3) is 10.8 Å². The van der Waals surface area contributed by atoms with Crippen molar-refractivity contribution in [3.8, 4) is 0 Å². The fourth-order valence-corrected chi connectivity index (χ4v) is 1.99. The summed E-state index contributed by atoms with van der Waals surface area (Å²) in [6, 6.07) is 10.3. The second-order valence-electron chi connectivity index (χ2n) is 4.49. The quantitative estimate of drug-likeness (QED) is 0.714. The lowest BCUT2D eigenvalue weighted by Crippen LogP contribution is -2.37. The number of rotatable bonds is 3. The third-order valence-corrected chi connectivity index (χ3v) is 3.12. The predicted molar refractivity (Wildman–Crippen MR) is 61.9 cm³/mol. The van der Waals surface area contributed by atoms with Gasteiger partial charge in [-0.1, -0.05) is 18.2 Å². The van der Waals surface area contributed by atoms with Crippen molar-refractivity contribution in [1.82, 2.24) is 0 Å². The van der Waals surface area contributed by atoms with E-state index in [2.05, 4.69) is 24.4 Å². The van der Waals surface area contributed by atoms with Gasteiger partial charge < -0.3 is 0 Å². The summed E-state index contributed by atoms with van der Waals surface area (Å²) in [5, 5.41) is 2.41. The summed E-state index contributed by atoms with van der Waals surface area (Å²) < 4.78 is 1.99. The van der Waals surface area contributed by atoms with Crippen LogP contribution in [-0.2, 0) is 11.3 Å². The van der Waals surface area contributed by atoms with Crippen LogP contribution in [0.2, 0.25) is 0 Å². The van der Waals surface area contributed by atoms with E-state index in [0.29, 0.717) is 18.2 Å². The van der Waals surface area contributed by atoms with Crippen molar-refractivity contribution in [3.05, 3.63) is 42.7 Å². The van der Waals surface area contributed by atoms with Crippen molar-refractivity contribution in [2.75, 3.05) is 0 Å². The molecule has 0 bridgehead atoms. The molecule has 0 amide bonds. The molecule has 0 atom stereocenters. The normalized spacial score (nSPS) is 15.2. The Morgan fingerprint density at radius 2 is 1.94 bits per heavy atom. The molecule has 1 heterocycles. The van der Waals surface area contributed by atoms with E-state index < -0.39 is 0 Å². The maximum atomic E-state index is 11.7. The molecule has 0 radical (unpaired) electrons. The van der Waals surface area contributed by atoms with Crippen LogP contribution in [0.3, 0.4) is 0 Å². The lowest BCUT2D eigenvalue weighted by molar-refractivity contribution is -0.683. The number of aromatic nitrogens is 1. The summed E-state index contributed by atoms with van der Waals surface area (Å²) in [5.74, 6) is 0.722. The Morgan fingerprint density at radius 3 is 2.69 bits per heavy atom. The highest BCUT2D eigenvalue weighted by atomic mass is 16.1. The number of carbonyl (C=O) groups excluding carboxylic acids is 1. The van der Waals surface area contributed by atoms with Gasteiger partial charge in [-0.3, -0.25) is 4.79 Å². The van der Waals surface area contributed by atoms with Crippen LogP contribution in [0, 0.1) is 5.92 Å². The summed E-state index contributed by atoms with van der Waals surface area (Å²) in [6.45, 7) is 0.523. The molecule has 2 heteroatoms. The number of ketones is 1. The van der Waals surface area contributed by atoms with Gasteiger partial charge in [-0.2, -0.15) is 4.57 Å². The molecule has 0 spiro atoms. The third-order valence-electron chi connectivity index (χ3n) is 3.12. The molecule has 2 aromatic rings. The van der Waals surface area contributed by atoms with Crippen molar-refractivity contribution in [2.45, 2.75) is 19.4 Å². The summed E-state index contributed by atoms with van der Waals surface area (Å²) >= 11 is 0. The highest BCUT2D eigenvalue weighted by Gasteiger charge is 2.31. The molecule has 1 saturated carbocycles. The van der Waals surface area contributed by atoms with Crippen molar-refractivity contribution >= 4 is 16.6 Å². The number of benzene rings is 1. The van der Waals surface area contributed by atoms with E-state index >= 15 is 0 Å². The minimum atomic E-state index is 0.346. The molecule has 1 aliphatic rings. The molecule has 1 aromatic carbocycles. The van der Waals surface area contributed by atoms with Crippen LogP contribution in [-0.4, -0.2) is 5.78 Å². The number of hydrogen-bond donors (Lipinski definition) is 0. The van der Waals surface area contributed by atoms with E-state index in [4.69, 9.17) is 0 Å². The fourth-order valence-electron chi connectivity index (χ4n) is 1.99. The Balaban J connectivity index is 1.89. The second-order valence-corrected chi connectivity index (χ2v) is 4.49. The zero-order valence-electron chi connectivity index (χ0n) is 9.10. The van der Waals surface area contributed by atoms with Crippen molar-refractivity contribution in [3.63, 3.8) is 0 Å². The number of nitrogens with zero attached hydrogens (tertiary/aromatic N) is 1. The van der Waals surface area contributed by atoms with Crippen molar-refractivity contribution in [2.24, 2.45) is 5.92 Å². The second kappa shape index (κ2) is 3.71. The molecule has 1 aliphatic carbocycles. The molecule has 80 valence electrons. The topological polar surface area (TPSA) is 20.9 Å². The van der Waals surface area contributed by atoms with Gasteiger partial charge in [0.25, 0.3) is 0 Å². The molecule has 1 aromatic heterocycles. The Labute approximate surface area is 94.5 Å². The predicted octanol–water partition coefficient (Wildman–Crippen LogP) is 2.11. The highest BCUT2D eigenvalue weighted by molar-refractivity contribution is 5.82. The van der Waals surface area contributed by atoms with E-state index in [1.165, 1.54) is 10.8 Å². The molecule has 3 rings (SSSR count). The minimum Gasteiger partial charge on any atom is -0.292 e. The number of carbonyl (C=O) groups is 1. The number of hydrogen-bond acceptors (Lipinski definition) is 1. The molecule has 0 unspecified atom stereocenters. The first-order valence-electron chi connectivity index (χ1n) is 5.73. The van der Waals surface area contributed by atoms with Crippen molar-refractivity contribution < 1.29 is 9.36 Å². The van der Waals surface area contributed by atoms with Gasteiger partial charge in [0.2, 0.25) is 6.54 Å². The van der Waals surface area contributed by atoms with Crippen LogP contribution in [0.4, 0.5) is 0 Å². The monoisotopic (exact) mass is 212 g/mol. The van der Waals surface area contributed by atoms with Gasteiger partial charge in [-0.25, -0.2) is 0 Å². The van der Waals surface area contributed by atoms with E-state index in [9.17, 15) is 4.79 Å². The molecule has 0 N–H and O–H groups in total. The first kappa shape index (κ1) is 9.52. The summed E-state index contributed by atoms with van der Waals surface area (Å²) in [5.41, 5.74) is 0. The number of Topliss-reactive ketones (excluding diaryl/α,β-unsaturated/α-hetero) is 1. The molecule has 16 heavy (non-hydrogen) atoms. The van der Waals surface area contributed by atoms with Gasteiger partial charge in [0.1, 0.15) is 0 Å². The molecule has 2 nitrogen and oxygen atoms in total. The van der Waals surface area contributed by atoms with Crippen LogP contribution in [0.1, 0.15) is 12.8 Å². The number of pyridine rings is 1. The Hall–Kier alpha value is -1.70. The van der Waals surface area contributed by atoms with E-state index in [1.54, 1.807) is 0 Å². The first-order chi connectivity index (χ1) is 7.83. The maximum absolute atomic E-state index is 11.7. The third kappa shape index (κ3) is 1.83. The highest BCUT2D eigenvalue weighted by Crippen LogP contribution is 2.29. The average molecular weight is 212 g/mol. The van der Waals surface area contributed by atoms with Crippen LogP contribution in [0.15, 0.2) is 42.7 Å². The zero-order chi connectivity index (χ0) is 11.0. The largest absolute Gasteiger partial charge is 0.292 e. The fraction of sp³-hybridized carbons (Fsp3) is 0.286. The molecule has 0 saturated heterocycles. The van der Waals surface area contributed by atoms with E-state index in [0.717, 1.165) is 12.8 Å². The van der Waals surface area contributed by atoms with Crippen LogP contribution in [0.5, 0.6) is 0 Å². The Kier molecular flexibility index (Phi) is 2.21. The standard InChI is InChI=1S/C14H14NO/c16-14(12-5-6-12)10-15-8-7-11-3-1-2-4-13(11)9-15/h1-4,7-9,12H,5-6,10H2/q+1. The van der Waals surface area contributed by atoms with E-state index in [-0.39, 0.29) is 0 Å². The lowest BCUT2D eigenvalue weighted by atomic mass is 10.2. The lowest BCUT2D eigenvalue weighted by Gasteiger charge is -1.98. The van der Waals surface area contributed by atoms with Gasteiger partial charge in [0, 0.05) is 17.4 Å². The SMILES string of the molecule is O=C(C[n+]1ccc2ccccc2c1)C1CC1. The smallest absolute Gasteiger partial charge is 0.206 e. The summed E-state index contributed by atoms with van der Waals surface area (Å²) in [6.07, 6.45) is 6.22. The molecular weight excluding hydrogens is 198 g/mol. The van der Waals surface area contributed by atoms with Crippen LogP contribution >= 0.6 is 0 Å². The first-order valence-corrected chi connectivity index (χ1v) is 5.73. The van der Waals surface area contributed by atoms with Crippen LogP contribution < -0.4 is 4.57 Å². The van der Waals surface area contributed by atoms with Gasteiger partial charge in [-0.15, -0.1) is 0 Å². The van der Waals surface area contributed by atoms with Gasteiger partial charge >= 0.3 is 0 Å². The number of fused-ring (bicyclic) bond motifs is 1. The molecular formula is C14H14NO+. The van der Waals surface area contributed by atoms with Gasteiger partial charge in [0.15, 0.2) is 18.2 Å². The maximum Gasteiger partial charge on any atom is 0.206 e. The summed E-state index contributed by atoms with van der Waals surface area (Å²) in [4.78, 5) is 11.7. The molecule has 0 aliphatic heterocycles. The average Bonchev–Trinajstić information content (AvgIpc) is 3.12. The Morgan fingerprint density at radius 1 is 1.19 bits per heavy atom. The molecule has 1 fully saturated rings. The van der Waals surface area contributed by atoms with Crippen molar-refractivity contribution in [1.29, 1.82) is 0 Å². The summed E-state index contributed by atoms with van der Waals surface area (Å²) in [7, 11) is 0. The van der Waals surface area contributed by atoms with Gasteiger partial charge in [0.05, 0.1) is 0 Å². The Bertz CT molecular complexity index is 543.